The number of hydrazone groups is 1. The van der Waals surface area contributed by atoms with E-state index in [2.05, 4.69) is 5.10 Å². The lowest BCUT2D eigenvalue weighted by atomic mass is 10.0. The maximum Gasteiger partial charge on any atom is 0.274 e. The second-order valence-electron chi connectivity index (χ2n) is 6.17. The molecule has 2 aromatic carbocycles. The number of carbonyl (C=O) groups excluding carboxylic acids is 1. The summed E-state index contributed by atoms with van der Waals surface area (Å²) < 4.78 is 5.49. The molecule has 4 heteroatoms. The zero-order valence-corrected chi connectivity index (χ0v) is 13.9. The SMILES string of the molecule is Cc1cccc(C(=O)N2N=C(c3ccco3)CC2c2ccccc2)c1. The van der Waals surface area contributed by atoms with Gasteiger partial charge in [0.1, 0.15) is 11.5 Å². The number of nitrogens with zero attached hydrogens (tertiary/aromatic N) is 2. The van der Waals surface area contributed by atoms with Gasteiger partial charge >= 0.3 is 0 Å². The van der Waals surface area contributed by atoms with Gasteiger partial charge in [-0.15, -0.1) is 0 Å². The van der Waals surface area contributed by atoms with Crippen molar-refractivity contribution in [3.63, 3.8) is 0 Å². The monoisotopic (exact) mass is 330 g/mol. The van der Waals surface area contributed by atoms with E-state index < -0.39 is 0 Å². The molecule has 1 aliphatic rings. The highest BCUT2D eigenvalue weighted by Gasteiger charge is 2.34. The molecule has 3 aromatic rings. The highest BCUT2D eigenvalue weighted by molar-refractivity contribution is 6.03. The Morgan fingerprint density at radius 2 is 1.92 bits per heavy atom. The molecule has 2 heterocycles. The van der Waals surface area contributed by atoms with E-state index in [0.717, 1.165) is 16.8 Å². The van der Waals surface area contributed by atoms with E-state index in [-0.39, 0.29) is 11.9 Å². The lowest BCUT2D eigenvalue weighted by molar-refractivity contribution is 0.0711. The van der Waals surface area contributed by atoms with Crippen LogP contribution in [-0.2, 0) is 0 Å². The molecule has 0 saturated heterocycles. The van der Waals surface area contributed by atoms with Crippen molar-refractivity contribution in [3.05, 3.63) is 95.4 Å². The summed E-state index contributed by atoms with van der Waals surface area (Å²) in [6.07, 6.45) is 2.26. The zero-order valence-electron chi connectivity index (χ0n) is 13.9. The maximum atomic E-state index is 13.1. The number of aryl methyl sites for hydroxylation is 1. The minimum Gasteiger partial charge on any atom is -0.463 e. The van der Waals surface area contributed by atoms with Crippen molar-refractivity contribution in [3.8, 4) is 0 Å². The summed E-state index contributed by atoms with van der Waals surface area (Å²) in [6.45, 7) is 1.98. The molecule has 4 nitrogen and oxygen atoms in total. The van der Waals surface area contributed by atoms with Gasteiger partial charge in [0, 0.05) is 12.0 Å². The Bertz CT molecular complexity index is 914. The van der Waals surface area contributed by atoms with E-state index in [9.17, 15) is 4.79 Å². The molecule has 1 amide bonds. The summed E-state index contributed by atoms with van der Waals surface area (Å²) in [5.74, 6) is 0.611. The number of benzene rings is 2. The molecular weight excluding hydrogens is 312 g/mol. The number of hydrogen-bond acceptors (Lipinski definition) is 3. The first-order valence-corrected chi connectivity index (χ1v) is 8.29. The quantitative estimate of drug-likeness (QED) is 0.705. The van der Waals surface area contributed by atoms with Crippen LogP contribution >= 0.6 is 0 Å². The molecule has 1 aromatic heterocycles. The van der Waals surface area contributed by atoms with Gasteiger partial charge in [0.15, 0.2) is 0 Å². The average Bonchev–Trinajstić information content (AvgIpc) is 3.31. The molecule has 0 aliphatic carbocycles. The van der Waals surface area contributed by atoms with Crippen LogP contribution in [0.1, 0.15) is 39.7 Å². The van der Waals surface area contributed by atoms with Crippen LogP contribution in [-0.4, -0.2) is 16.6 Å². The fourth-order valence-corrected chi connectivity index (χ4v) is 3.13. The van der Waals surface area contributed by atoms with E-state index >= 15 is 0 Å². The van der Waals surface area contributed by atoms with Crippen LogP contribution in [0, 0.1) is 6.92 Å². The molecule has 4 rings (SSSR count). The molecule has 124 valence electrons. The number of carbonyl (C=O) groups is 1. The first kappa shape index (κ1) is 15.4. The van der Waals surface area contributed by atoms with E-state index in [1.54, 1.807) is 11.3 Å². The Hall–Kier alpha value is -3.14. The number of hydrogen-bond donors (Lipinski definition) is 0. The molecular formula is C21H18N2O2. The van der Waals surface area contributed by atoms with Crippen LogP contribution in [0.4, 0.5) is 0 Å². The fraction of sp³-hybridized carbons (Fsp3) is 0.143. The lowest BCUT2D eigenvalue weighted by Crippen LogP contribution is -2.27. The van der Waals surface area contributed by atoms with Gasteiger partial charge in [-0.05, 0) is 36.8 Å². The van der Waals surface area contributed by atoms with E-state index in [1.165, 1.54) is 0 Å². The van der Waals surface area contributed by atoms with Gasteiger partial charge in [0.2, 0.25) is 0 Å². The average molecular weight is 330 g/mol. The smallest absolute Gasteiger partial charge is 0.274 e. The molecule has 0 N–H and O–H groups in total. The minimum absolute atomic E-state index is 0.0980. The summed E-state index contributed by atoms with van der Waals surface area (Å²) in [7, 11) is 0. The summed E-state index contributed by atoms with van der Waals surface area (Å²) in [5.41, 5.74) is 3.55. The molecule has 0 saturated carbocycles. The molecule has 0 fully saturated rings. The molecule has 25 heavy (non-hydrogen) atoms. The van der Waals surface area contributed by atoms with Crippen molar-refractivity contribution in [2.45, 2.75) is 19.4 Å². The molecule has 1 aliphatic heterocycles. The summed E-state index contributed by atoms with van der Waals surface area (Å²) in [5, 5.41) is 6.19. The molecule has 0 spiro atoms. The molecule has 1 unspecified atom stereocenters. The van der Waals surface area contributed by atoms with Crippen LogP contribution < -0.4 is 0 Å². The third-order valence-electron chi connectivity index (χ3n) is 4.37. The van der Waals surface area contributed by atoms with Gasteiger partial charge in [-0.2, -0.15) is 5.10 Å². The van der Waals surface area contributed by atoms with Crippen molar-refractivity contribution < 1.29 is 9.21 Å². The molecule has 0 bridgehead atoms. The fourth-order valence-electron chi connectivity index (χ4n) is 3.13. The second-order valence-corrected chi connectivity index (χ2v) is 6.17. The lowest BCUT2D eigenvalue weighted by Gasteiger charge is -2.22. The zero-order chi connectivity index (χ0) is 17.2. The first-order valence-electron chi connectivity index (χ1n) is 8.29. The number of rotatable bonds is 3. The van der Waals surface area contributed by atoms with Crippen LogP contribution in [0.3, 0.4) is 0 Å². The van der Waals surface area contributed by atoms with Crippen LogP contribution in [0.2, 0.25) is 0 Å². The second kappa shape index (κ2) is 6.40. The van der Waals surface area contributed by atoms with Crippen molar-refractivity contribution in [2.75, 3.05) is 0 Å². The summed E-state index contributed by atoms with van der Waals surface area (Å²) in [6, 6.07) is 21.2. The molecule has 0 radical (unpaired) electrons. The number of amides is 1. The maximum absolute atomic E-state index is 13.1. The Balaban J connectivity index is 1.73. The van der Waals surface area contributed by atoms with E-state index in [0.29, 0.717) is 17.7 Å². The topological polar surface area (TPSA) is 45.8 Å². The highest BCUT2D eigenvalue weighted by Crippen LogP contribution is 2.34. The predicted octanol–water partition coefficient (Wildman–Crippen LogP) is 4.58. The number of furan rings is 1. The van der Waals surface area contributed by atoms with Gasteiger partial charge in [0.05, 0.1) is 12.3 Å². The van der Waals surface area contributed by atoms with Crippen LogP contribution in [0.15, 0.2) is 82.5 Å². The van der Waals surface area contributed by atoms with Gasteiger partial charge in [-0.25, -0.2) is 5.01 Å². The van der Waals surface area contributed by atoms with Crippen LogP contribution in [0.25, 0.3) is 0 Å². The molecule has 1 atom stereocenters. The first-order chi connectivity index (χ1) is 12.2. The normalized spacial score (nSPS) is 16.8. The van der Waals surface area contributed by atoms with Gasteiger partial charge in [-0.1, -0.05) is 48.0 Å². The standard InChI is InChI=1S/C21H18N2O2/c1-15-7-5-10-17(13-15)21(24)23-19(16-8-3-2-4-9-16)14-18(22-23)20-11-6-12-25-20/h2-13,19H,14H2,1H3. The Morgan fingerprint density at radius 1 is 1.08 bits per heavy atom. The van der Waals surface area contributed by atoms with Crippen molar-refractivity contribution >= 4 is 11.6 Å². The van der Waals surface area contributed by atoms with Gasteiger partial charge in [-0.3, -0.25) is 4.79 Å². The third-order valence-corrected chi connectivity index (χ3v) is 4.37. The van der Waals surface area contributed by atoms with Crippen molar-refractivity contribution in [1.82, 2.24) is 5.01 Å². The summed E-state index contributed by atoms with van der Waals surface area (Å²) in [4.78, 5) is 13.1. The van der Waals surface area contributed by atoms with E-state index in [4.69, 9.17) is 4.42 Å². The van der Waals surface area contributed by atoms with Crippen molar-refractivity contribution in [2.24, 2.45) is 5.10 Å². The summed E-state index contributed by atoms with van der Waals surface area (Å²) >= 11 is 0. The van der Waals surface area contributed by atoms with Crippen LogP contribution in [0.5, 0.6) is 0 Å². The Labute approximate surface area is 146 Å². The Morgan fingerprint density at radius 3 is 2.64 bits per heavy atom. The van der Waals surface area contributed by atoms with E-state index in [1.807, 2.05) is 73.7 Å². The third kappa shape index (κ3) is 2.98. The van der Waals surface area contributed by atoms with Gasteiger partial charge in [0.25, 0.3) is 5.91 Å². The Kier molecular flexibility index (Phi) is 3.94. The van der Waals surface area contributed by atoms with Crippen molar-refractivity contribution in [1.29, 1.82) is 0 Å². The minimum atomic E-state index is -0.130. The highest BCUT2D eigenvalue weighted by atomic mass is 16.3. The van der Waals surface area contributed by atoms with Gasteiger partial charge < -0.3 is 4.42 Å². The largest absolute Gasteiger partial charge is 0.463 e. The predicted molar refractivity (Wildman–Crippen MR) is 96.4 cm³/mol.